The van der Waals surface area contributed by atoms with E-state index in [1.54, 1.807) is 6.07 Å². The Hall–Kier alpha value is -1.51. The van der Waals surface area contributed by atoms with E-state index in [4.69, 9.17) is 0 Å². The molecule has 0 saturated heterocycles. The van der Waals surface area contributed by atoms with Crippen molar-refractivity contribution in [3.63, 3.8) is 0 Å². The van der Waals surface area contributed by atoms with E-state index in [0.29, 0.717) is 18.0 Å². The Morgan fingerprint density at radius 3 is 2.32 bits per heavy atom. The van der Waals surface area contributed by atoms with Crippen molar-refractivity contribution in [3.8, 4) is 5.75 Å². The third-order valence-electron chi connectivity index (χ3n) is 3.23. The zero-order valence-electron chi connectivity index (χ0n) is 12.6. The van der Waals surface area contributed by atoms with Gasteiger partial charge in [-0.3, -0.25) is 4.79 Å². The van der Waals surface area contributed by atoms with E-state index in [1.807, 2.05) is 26.8 Å². The molecule has 0 saturated carbocycles. The van der Waals surface area contributed by atoms with Gasteiger partial charge in [0.25, 0.3) is 5.91 Å². The lowest BCUT2D eigenvalue weighted by Gasteiger charge is -2.17. The minimum atomic E-state index is -0.191. The highest BCUT2D eigenvalue weighted by Crippen LogP contribution is 2.32. The molecule has 1 aromatic rings. The number of rotatable bonds is 5. The Bertz CT molecular complexity index is 450. The van der Waals surface area contributed by atoms with Crippen molar-refractivity contribution in [2.75, 3.05) is 6.54 Å². The summed E-state index contributed by atoms with van der Waals surface area (Å²) in [6, 6.07) is 3.80. The van der Waals surface area contributed by atoms with Gasteiger partial charge in [0, 0.05) is 6.54 Å². The van der Waals surface area contributed by atoms with Crippen LogP contribution >= 0.6 is 0 Å². The van der Waals surface area contributed by atoms with Gasteiger partial charge < -0.3 is 10.4 Å². The van der Waals surface area contributed by atoms with Crippen LogP contribution < -0.4 is 5.32 Å². The zero-order chi connectivity index (χ0) is 14.6. The summed E-state index contributed by atoms with van der Waals surface area (Å²) in [5, 5.41) is 13.1. The molecule has 2 N–H and O–H groups in total. The Labute approximate surface area is 116 Å². The first-order valence-corrected chi connectivity index (χ1v) is 7.03. The minimum Gasteiger partial charge on any atom is -0.507 e. The maximum atomic E-state index is 12.1. The number of phenolic OH excluding ortho intramolecular Hbond substituents is 1. The highest BCUT2D eigenvalue weighted by Gasteiger charge is 2.18. The quantitative estimate of drug-likeness (QED) is 0.849. The number of phenols is 1. The van der Waals surface area contributed by atoms with Crippen molar-refractivity contribution in [2.24, 2.45) is 0 Å². The predicted molar refractivity (Wildman–Crippen MR) is 78.9 cm³/mol. The van der Waals surface area contributed by atoms with Crippen molar-refractivity contribution in [2.45, 2.75) is 52.9 Å². The molecule has 0 atom stereocenters. The normalized spacial score (nSPS) is 11.1. The number of hydrogen-bond acceptors (Lipinski definition) is 2. The van der Waals surface area contributed by atoms with Gasteiger partial charge in [0.15, 0.2) is 0 Å². The molecule has 3 heteroatoms. The van der Waals surface area contributed by atoms with Crippen LogP contribution in [-0.2, 0) is 0 Å². The Balaban J connectivity index is 3.25. The highest BCUT2D eigenvalue weighted by molar-refractivity contribution is 5.97. The highest BCUT2D eigenvalue weighted by atomic mass is 16.3. The van der Waals surface area contributed by atoms with Gasteiger partial charge >= 0.3 is 0 Å². The number of benzene rings is 1. The van der Waals surface area contributed by atoms with E-state index in [-0.39, 0.29) is 17.6 Å². The molecule has 0 fully saturated rings. The molecule has 3 nitrogen and oxygen atoms in total. The fourth-order valence-corrected chi connectivity index (χ4v) is 1.96. The minimum absolute atomic E-state index is 0.119. The summed E-state index contributed by atoms with van der Waals surface area (Å²) in [7, 11) is 0. The van der Waals surface area contributed by atoms with Crippen LogP contribution in [0.3, 0.4) is 0 Å². The van der Waals surface area contributed by atoms with Gasteiger partial charge in [-0.05, 0) is 35.4 Å². The predicted octanol–water partition coefficient (Wildman–Crippen LogP) is 3.78. The number of nitrogens with one attached hydrogen (secondary N) is 1. The van der Waals surface area contributed by atoms with Crippen molar-refractivity contribution >= 4 is 5.91 Å². The summed E-state index contributed by atoms with van der Waals surface area (Å²) >= 11 is 0. The maximum Gasteiger partial charge on any atom is 0.255 e. The molecule has 106 valence electrons. The molecule has 0 unspecified atom stereocenters. The molecule has 0 aromatic heterocycles. The largest absolute Gasteiger partial charge is 0.507 e. The van der Waals surface area contributed by atoms with Crippen molar-refractivity contribution in [1.29, 1.82) is 0 Å². The van der Waals surface area contributed by atoms with E-state index < -0.39 is 0 Å². The lowest BCUT2D eigenvalue weighted by Crippen LogP contribution is -2.24. The van der Waals surface area contributed by atoms with Crippen molar-refractivity contribution in [3.05, 3.63) is 28.8 Å². The van der Waals surface area contributed by atoms with Gasteiger partial charge in [0.2, 0.25) is 0 Å². The third-order valence-corrected chi connectivity index (χ3v) is 3.23. The fourth-order valence-electron chi connectivity index (χ4n) is 1.96. The van der Waals surface area contributed by atoms with E-state index >= 15 is 0 Å². The first-order chi connectivity index (χ1) is 8.88. The van der Waals surface area contributed by atoms with E-state index in [0.717, 1.165) is 17.5 Å². The van der Waals surface area contributed by atoms with Gasteiger partial charge in [0.05, 0.1) is 5.56 Å². The molecule has 1 amide bonds. The first-order valence-electron chi connectivity index (χ1n) is 7.03. The number of hydrogen-bond donors (Lipinski definition) is 2. The summed E-state index contributed by atoms with van der Waals surface area (Å²) in [5.74, 6) is 0.448. The van der Waals surface area contributed by atoms with Crippen LogP contribution in [0.1, 0.15) is 74.4 Å². The van der Waals surface area contributed by atoms with Gasteiger partial charge in [0.1, 0.15) is 5.75 Å². The average Bonchev–Trinajstić information content (AvgIpc) is 2.35. The molecule has 0 aliphatic carbocycles. The molecule has 0 radical (unpaired) electrons. The lowest BCUT2D eigenvalue weighted by molar-refractivity contribution is 0.0950. The molecule has 0 heterocycles. The molecule has 1 aromatic carbocycles. The monoisotopic (exact) mass is 263 g/mol. The molecular weight excluding hydrogens is 238 g/mol. The maximum absolute atomic E-state index is 12.1. The molecule has 0 aliphatic heterocycles. The van der Waals surface area contributed by atoms with Gasteiger partial charge in [-0.1, -0.05) is 40.7 Å². The van der Waals surface area contributed by atoms with E-state index in [2.05, 4.69) is 19.2 Å². The summed E-state index contributed by atoms with van der Waals surface area (Å²) in [5.41, 5.74) is 2.32. The van der Waals surface area contributed by atoms with Crippen LogP contribution in [0.25, 0.3) is 0 Å². The molecule has 0 aliphatic rings. The van der Waals surface area contributed by atoms with Crippen molar-refractivity contribution in [1.82, 2.24) is 5.32 Å². The number of aromatic hydroxyl groups is 1. The third kappa shape index (κ3) is 3.72. The molecule has 0 spiro atoms. The van der Waals surface area contributed by atoms with Crippen LogP contribution in [0.15, 0.2) is 12.1 Å². The van der Waals surface area contributed by atoms with Crippen LogP contribution in [0.5, 0.6) is 5.75 Å². The number of carbonyl (C=O) groups excluding carboxylic acids is 1. The van der Waals surface area contributed by atoms with E-state index in [9.17, 15) is 9.90 Å². The van der Waals surface area contributed by atoms with Crippen LogP contribution in [0.4, 0.5) is 0 Å². The summed E-state index contributed by atoms with van der Waals surface area (Å²) in [6.45, 7) is 10.8. The second-order valence-corrected chi connectivity index (χ2v) is 5.57. The van der Waals surface area contributed by atoms with Crippen LogP contribution in [0.2, 0.25) is 0 Å². The Morgan fingerprint density at radius 1 is 1.21 bits per heavy atom. The summed E-state index contributed by atoms with van der Waals surface area (Å²) in [6.07, 6.45) is 0.882. The summed E-state index contributed by atoms with van der Waals surface area (Å²) in [4.78, 5) is 12.1. The second-order valence-electron chi connectivity index (χ2n) is 5.57. The topological polar surface area (TPSA) is 49.3 Å². The Kier molecular flexibility index (Phi) is 5.40. The zero-order valence-corrected chi connectivity index (χ0v) is 12.6. The van der Waals surface area contributed by atoms with Crippen LogP contribution in [0, 0.1) is 0 Å². The smallest absolute Gasteiger partial charge is 0.255 e. The molecular formula is C16H25NO2. The summed E-state index contributed by atoms with van der Waals surface area (Å²) < 4.78 is 0. The molecule has 19 heavy (non-hydrogen) atoms. The average molecular weight is 263 g/mol. The number of amides is 1. The van der Waals surface area contributed by atoms with Gasteiger partial charge in [-0.2, -0.15) is 0 Å². The second kappa shape index (κ2) is 6.60. The van der Waals surface area contributed by atoms with E-state index in [1.165, 1.54) is 0 Å². The van der Waals surface area contributed by atoms with Crippen LogP contribution in [-0.4, -0.2) is 17.6 Å². The Morgan fingerprint density at radius 2 is 1.84 bits per heavy atom. The standard InChI is InChI=1S/C16H25NO2/c1-6-7-17-16(19)14-9-12(10(2)3)8-13(11(4)5)15(14)18/h8-11,18H,6-7H2,1-5H3,(H,17,19). The molecule has 1 rings (SSSR count). The number of carbonyl (C=O) groups is 1. The molecule has 0 bridgehead atoms. The SMILES string of the molecule is CCCNC(=O)c1cc(C(C)C)cc(C(C)C)c1O. The lowest BCUT2D eigenvalue weighted by atomic mass is 9.91. The van der Waals surface area contributed by atoms with Crippen molar-refractivity contribution < 1.29 is 9.90 Å². The van der Waals surface area contributed by atoms with Gasteiger partial charge in [-0.15, -0.1) is 0 Å². The fraction of sp³-hybridized carbons (Fsp3) is 0.562. The first kappa shape index (κ1) is 15.5. The van der Waals surface area contributed by atoms with Gasteiger partial charge in [-0.25, -0.2) is 0 Å².